The molecule has 0 aliphatic heterocycles. The SMILES string of the molecule is CC/C=C\C/C=C\C/C=C\C/C=C\C/C=C\CCCC(=O)OC[C@H](COP(=O)(O)OCCN)OC(=O)CCC/C=C\C/C=C\C/C=C\C/C=C\CC[C@H](O)CC. The molecule has 0 saturated carbocycles. The number of phosphoric acid groups is 1. The number of aliphatic hydroxyl groups is 1. The molecule has 4 N–H and O–H groups in total. The third-order valence-corrected chi connectivity index (χ3v) is 8.79. The molecule has 0 fully saturated rings. The van der Waals surface area contributed by atoms with Crippen molar-refractivity contribution < 1.29 is 42.7 Å². The van der Waals surface area contributed by atoms with E-state index in [9.17, 15) is 24.2 Å². The number of hydrogen-bond acceptors (Lipinski definition) is 9. The number of nitrogens with two attached hydrogens (primary N) is 1. The molecule has 0 aromatic heterocycles. The third-order valence-electron chi connectivity index (χ3n) is 7.81. The fourth-order valence-electron chi connectivity index (χ4n) is 4.64. The molecule has 0 radical (unpaired) electrons. The molecule has 0 aromatic rings. The fraction of sp³-hybridized carbons (Fsp3) is 0.556. The molecule has 11 heteroatoms. The third kappa shape index (κ3) is 38.9. The van der Waals surface area contributed by atoms with Gasteiger partial charge in [-0.15, -0.1) is 0 Å². The first kappa shape index (κ1) is 52.6. The molecule has 0 aromatic carbocycles. The summed E-state index contributed by atoms with van der Waals surface area (Å²) in [4.78, 5) is 34.8. The summed E-state index contributed by atoms with van der Waals surface area (Å²) in [6, 6.07) is 0. The van der Waals surface area contributed by atoms with Crippen molar-refractivity contribution >= 4 is 19.8 Å². The second-order valence-electron chi connectivity index (χ2n) is 12.9. The second-order valence-corrected chi connectivity index (χ2v) is 14.4. The van der Waals surface area contributed by atoms with Crippen molar-refractivity contribution in [1.29, 1.82) is 0 Å². The zero-order valence-corrected chi connectivity index (χ0v) is 35.1. The molecule has 56 heavy (non-hydrogen) atoms. The fourth-order valence-corrected chi connectivity index (χ4v) is 5.41. The number of phosphoric ester groups is 1. The van der Waals surface area contributed by atoms with Gasteiger partial charge in [-0.25, -0.2) is 4.57 Å². The summed E-state index contributed by atoms with van der Waals surface area (Å²) in [5.41, 5.74) is 5.33. The average molecular weight is 802 g/mol. The Balaban J connectivity index is 4.42. The van der Waals surface area contributed by atoms with Crippen LogP contribution in [-0.2, 0) is 32.7 Å². The highest BCUT2D eigenvalue weighted by atomic mass is 31.2. The first-order valence-corrected chi connectivity index (χ1v) is 21.9. The van der Waals surface area contributed by atoms with Crippen molar-refractivity contribution in [3.05, 3.63) is 109 Å². The number of carbonyl (C=O) groups excluding carboxylic acids is 2. The van der Waals surface area contributed by atoms with Crippen LogP contribution in [0.15, 0.2) is 109 Å². The molecule has 10 nitrogen and oxygen atoms in total. The molecule has 1 unspecified atom stereocenters. The smallest absolute Gasteiger partial charge is 0.462 e. The molecule has 0 rings (SSSR count). The number of aliphatic hydroxyl groups excluding tert-OH is 1. The lowest BCUT2D eigenvalue weighted by Crippen LogP contribution is -2.29. The molecular formula is C45H72NO9P. The van der Waals surface area contributed by atoms with Crippen molar-refractivity contribution in [3.8, 4) is 0 Å². The molecule has 3 atom stereocenters. The van der Waals surface area contributed by atoms with Crippen LogP contribution in [-0.4, -0.2) is 60.5 Å². The van der Waals surface area contributed by atoms with Gasteiger partial charge in [0.2, 0.25) is 0 Å². The van der Waals surface area contributed by atoms with E-state index in [2.05, 4.69) is 98.1 Å². The zero-order valence-electron chi connectivity index (χ0n) is 34.2. The predicted molar refractivity (Wildman–Crippen MR) is 230 cm³/mol. The number of unbranched alkanes of at least 4 members (excludes halogenated alkanes) is 2. The first-order chi connectivity index (χ1) is 27.2. The predicted octanol–water partition coefficient (Wildman–Crippen LogP) is 10.6. The van der Waals surface area contributed by atoms with Crippen molar-refractivity contribution in [1.82, 2.24) is 0 Å². The van der Waals surface area contributed by atoms with Crippen molar-refractivity contribution in [2.75, 3.05) is 26.4 Å². The van der Waals surface area contributed by atoms with Crippen molar-refractivity contribution in [2.24, 2.45) is 5.73 Å². The van der Waals surface area contributed by atoms with Crippen LogP contribution in [0.4, 0.5) is 0 Å². The first-order valence-electron chi connectivity index (χ1n) is 20.4. The Morgan fingerprint density at radius 3 is 1.48 bits per heavy atom. The van der Waals surface area contributed by atoms with Crippen LogP contribution in [0.5, 0.6) is 0 Å². The van der Waals surface area contributed by atoms with Gasteiger partial charge in [0.05, 0.1) is 19.3 Å². The maximum absolute atomic E-state index is 12.5. The highest BCUT2D eigenvalue weighted by molar-refractivity contribution is 7.47. The molecule has 0 saturated heterocycles. The summed E-state index contributed by atoms with van der Waals surface area (Å²) in [5, 5.41) is 9.55. The van der Waals surface area contributed by atoms with Gasteiger partial charge >= 0.3 is 19.8 Å². The number of ether oxygens (including phenoxy) is 2. The Kier molecular flexibility index (Phi) is 37.5. The van der Waals surface area contributed by atoms with Gasteiger partial charge in [-0.1, -0.05) is 123 Å². The van der Waals surface area contributed by atoms with Crippen LogP contribution in [0, 0.1) is 0 Å². The molecular weight excluding hydrogens is 729 g/mol. The van der Waals surface area contributed by atoms with Crippen LogP contribution >= 0.6 is 7.82 Å². The van der Waals surface area contributed by atoms with E-state index >= 15 is 0 Å². The normalized spacial score (nSPS) is 15.0. The number of hydrogen-bond donors (Lipinski definition) is 3. The summed E-state index contributed by atoms with van der Waals surface area (Å²) >= 11 is 0. The van der Waals surface area contributed by atoms with E-state index in [4.69, 9.17) is 24.3 Å². The summed E-state index contributed by atoms with van der Waals surface area (Å²) in [6.45, 7) is 3.16. The second kappa shape index (κ2) is 39.8. The molecule has 0 spiro atoms. The van der Waals surface area contributed by atoms with Gasteiger partial charge in [-0.2, -0.15) is 0 Å². The lowest BCUT2D eigenvalue weighted by Gasteiger charge is -2.19. The number of esters is 2. The molecule has 0 bridgehead atoms. The number of carbonyl (C=O) groups is 2. The molecule has 0 amide bonds. The highest BCUT2D eigenvalue weighted by Crippen LogP contribution is 2.43. The quantitative estimate of drug-likeness (QED) is 0.0241. The molecule has 316 valence electrons. The minimum absolute atomic E-state index is 0.0248. The minimum atomic E-state index is -4.42. The van der Waals surface area contributed by atoms with Crippen molar-refractivity contribution in [2.45, 2.75) is 135 Å². The summed E-state index contributed by atoms with van der Waals surface area (Å²) in [6.07, 6.45) is 49.3. The van der Waals surface area contributed by atoms with E-state index in [0.717, 1.165) is 70.6 Å². The van der Waals surface area contributed by atoms with E-state index in [1.807, 2.05) is 25.2 Å². The van der Waals surface area contributed by atoms with Gasteiger partial charge in [0.1, 0.15) is 6.61 Å². The maximum Gasteiger partial charge on any atom is 0.472 e. The number of allylic oxidation sites excluding steroid dienone is 18. The van der Waals surface area contributed by atoms with E-state index in [-0.39, 0.29) is 38.7 Å². The van der Waals surface area contributed by atoms with Crippen molar-refractivity contribution in [3.63, 3.8) is 0 Å². The summed E-state index contributed by atoms with van der Waals surface area (Å²) < 4.78 is 32.6. The molecule has 0 aliphatic rings. The zero-order chi connectivity index (χ0) is 41.2. The minimum Gasteiger partial charge on any atom is -0.462 e. The summed E-state index contributed by atoms with van der Waals surface area (Å²) in [5.74, 6) is -0.995. The van der Waals surface area contributed by atoms with Gasteiger partial charge in [0, 0.05) is 19.4 Å². The van der Waals surface area contributed by atoms with Gasteiger partial charge in [-0.3, -0.25) is 18.6 Å². The largest absolute Gasteiger partial charge is 0.472 e. The molecule has 0 heterocycles. The van der Waals surface area contributed by atoms with E-state index in [0.29, 0.717) is 25.7 Å². The Morgan fingerprint density at radius 1 is 0.607 bits per heavy atom. The van der Waals surface area contributed by atoms with E-state index < -0.39 is 32.5 Å². The van der Waals surface area contributed by atoms with Gasteiger partial charge in [0.25, 0.3) is 0 Å². The topological polar surface area (TPSA) is 155 Å². The monoisotopic (exact) mass is 801 g/mol. The maximum atomic E-state index is 12.5. The van der Waals surface area contributed by atoms with E-state index in [1.165, 1.54) is 0 Å². The highest BCUT2D eigenvalue weighted by Gasteiger charge is 2.25. The van der Waals surface area contributed by atoms with Crippen LogP contribution in [0.1, 0.15) is 123 Å². The van der Waals surface area contributed by atoms with Gasteiger partial charge in [0.15, 0.2) is 6.10 Å². The molecule has 0 aliphatic carbocycles. The summed E-state index contributed by atoms with van der Waals surface area (Å²) in [7, 11) is -4.42. The van der Waals surface area contributed by atoms with Crippen LogP contribution in [0.25, 0.3) is 0 Å². The Hall–Kier alpha value is -3.37. The Morgan fingerprint density at radius 2 is 1.04 bits per heavy atom. The van der Waals surface area contributed by atoms with Gasteiger partial charge < -0.3 is 25.2 Å². The van der Waals surface area contributed by atoms with Crippen LogP contribution in [0.3, 0.4) is 0 Å². The Labute approximate surface area is 338 Å². The standard InChI is InChI=1S/C45H72NO9P/c1-3-5-6-7-8-9-10-11-12-13-14-18-21-24-27-30-33-36-44(48)52-40-43(41-54-56(50,51)53-39-38-46)55-45(49)37-34-31-28-25-22-19-16-15-17-20-23-26-29-32-35-42(47)4-2/h5-6,8-9,11-12,14,16-20,24-29,42-43,47H,3-4,7,10,13,15,21-23,30-41,46H2,1-2H3,(H,50,51)/b6-5-,9-8-,12-11-,18-14-,19-16-,20-17-,27-24-,28-25-,29-26-/t42-,43-/m1/s1. The van der Waals surface area contributed by atoms with Gasteiger partial charge in [-0.05, 0) is 96.3 Å². The van der Waals surface area contributed by atoms with Crippen LogP contribution in [0.2, 0.25) is 0 Å². The average Bonchev–Trinajstić information content (AvgIpc) is 3.18. The van der Waals surface area contributed by atoms with E-state index in [1.54, 1.807) is 0 Å². The van der Waals surface area contributed by atoms with Crippen LogP contribution < -0.4 is 5.73 Å². The Bertz CT molecular complexity index is 1300. The lowest BCUT2D eigenvalue weighted by atomic mass is 10.1. The number of rotatable bonds is 36. The lowest BCUT2D eigenvalue weighted by molar-refractivity contribution is -0.161.